The maximum absolute atomic E-state index is 10.9. The van der Waals surface area contributed by atoms with Crippen molar-refractivity contribution in [2.75, 3.05) is 13.7 Å². The lowest BCUT2D eigenvalue weighted by molar-refractivity contribution is -0.153. The van der Waals surface area contributed by atoms with E-state index in [1.807, 2.05) is 0 Å². The summed E-state index contributed by atoms with van der Waals surface area (Å²) in [6.07, 6.45) is 4.69. The van der Waals surface area contributed by atoms with Gasteiger partial charge < -0.3 is 9.47 Å². The molecule has 1 saturated carbocycles. The van der Waals surface area contributed by atoms with Crippen LogP contribution >= 0.6 is 0 Å². The van der Waals surface area contributed by atoms with Crippen LogP contribution in [0.4, 0.5) is 0 Å². The molecule has 0 N–H and O–H groups in total. The molecule has 0 aromatic rings. The Morgan fingerprint density at radius 2 is 2.23 bits per heavy atom. The molecule has 0 aromatic carbocycles. The third-order valence-electron chi connectivity index (χ3n) is 2.65. The van der Waals surface area contributed by atoms with Crippen LogP contribution in [-0.4, -0.2) is 25.8 Å². The zero-order chi connectivity index (χ0) is 9.68. The molecule has 0 radical (unpaired) electrons. The van der Waals surface area contributed by atoms with Gasteiger partial charge in [0, 0.05) is 6.61 Å². The molecule has 1 fully saturated rings. The summed E-state index contributed by atoms with van der Waals surface area (Å²) in [5, 5.41) is 0. The molecule has 3 nitrogen and oxygen atoms in total. The number of carbonyl (C=O) groups excluding carboxylic acids is 1. The molecule has 0 bridgehead atoms. The van der Waals surface area contributed by atoms with E-state index in [2.05, 4.69) is 4.74 Å². The van der Waals surface area contributed by atoms with Crippen molar-refractivity contribution in [1.29, 1.82) is 0 Å². The van der Waals surface area contributed by atoms with E-state index >= 15 is 0 Å². The molecule has 76 valence electrons. The molecule has 3 heteroatoms. The highest BCUT2D eigenvalue weighted by Gasteiger charge is 2.18. The van der Waals surface area contributed by atoms with Crippen molar-refractivity contribution in [3.63, 3.8) is 0 Å². The standard InChI is InChI=1S/C10H18O3/c1-8(10(11)12-2)13-7-6-9-4-3-5-9/h8-9H,3-7H2,1-2H3/t8-/m1/s1. The Morgan fingerprint density at radius 3 is 2.69 bits per heavy atom. The molecule has 13 heavy (non-hydrogen) atoms. The molecule has 0 aliphatic heterocycles. The summed E-state index contributed by atoms with van der Waals surface area (Å²) >= 11 is 0. The largest absolute Gasteiger partial charge is 0.467 e. The van der Waals surface area contributed by atoms with Crippen LogP contribution in [0.2, 0.25) is 0 Å². The van der Waals surface area contributed by atoms with Gasteiger partial charge in [-0.2, -0.15) is 0 Å². The fourth-order valence-electron chi connectivity index (χ4n) is 1.43. The second kappa shape index (κ2) is 5.22. The van der Waals surface area contributed by atoms with E-state index in [4.69, 9.17) is 4.74 Å². The van der Waals surface area contributed by atoms with Gasteiger partial charge in [0.05, 0.1) is 7.11 Å². The van der Waals surface area contributed by atoms with E-state index in [1.165, 1.54) is 26.4 Å². The highest BCUT2D eigenvalue weighted by molar-refractivity contribution is 5.73. The molecule has 0 aromatic heterocycles. The number of carbonyl (C=O) groups is 1. The second-order valence-corrected chi connectivity index (χ2v) is 3.62. The summed E-state index contributed by atoms with van der Waals surface area (Å²) in [6, 6.07) is 0. The predicted molar refractivity (Wildman–Crippen MR) is 49.4 cm³/mol. The first-order chi connectivity index (χ1) is 6.24. The monoisotopic (exact) mass is 186 g/mol. The number of hydrogen-bond donors (Lipinski definition) is 0. The van der Waals surface area contributed by atoms with Crippen molar-refractivity contribution in [1.82, 2.24) is 0 Å². The SMILES string of the molecule is COC(=O)[C@@H](C)OCCC1CCC1. The molecule has 0 unspecified atom stereocenters. The van der Waals surface area contributed by atoms with Gasteiger partial charge in [-0.05, 0) is 19.3 Å². The van der Waals surface area contributed by atoms with Crippen molar-refractivity contribution in [3.05, 3.63) is 0 Å². The van der Waals surface area contributed by atoms with E-state index in [-0.39, 0.29) is 5.97 Å². The van der Waals surface area contributed by atoms with Crippen LogP contribution in [0.15, 0.2) is 0 Å². The van der Waals surface area contributed by atoms with Gasteiger partial charge in [0.15, 0.2) is 6.10 Å². The van der Waals surface area contributed by atoms with Crippen LogP contribution in [0.3, 0.4) is 0 Å². The quantitative estimate of drug-likeness (QED) is 0.614. The normalized spacial score (nSPS) is 19.2. The van der Waals surface area contributed by atoms with Gasteiger partial charge in [-0.15, -0.1) is 0 Å². The van der Waals surface area contributed by atoms with Gasteiger partial charge in [0.2, 0.25) is 0 Å². The zero-order valence-corrected chi connectivity index (χ0v) is 8.41. The fraction of sp³-hybridized carbons (Fsp3) is 0.900. The molecule has 1 aliphatic carbocycles. The fourth-order valence-corrected chi connectivity index (χ4v) is 1.43. The van der Waals surface area contributed by atoms with Gasteiger partial charge in [-0.3, -0.25) is 0 Å². The van der Waals surface area contributed by atoms with E-state index in [0.29, 0.717) is 6.61 Å². The molecular formula is C10H18O3. The summed E-state index contributed by atoms with van der Waals surface area (Å²) in [7, 11) is 1.38. The minimum Gasteiger partial charge on any atom is -0.467 e. The first kappa shape index (κ1) is 10.5. The minimum absolute atomic E-state index is 0.284. The molecular weight excluding hydrogens is 168 g/mol. The molecule has 1 aliphatic rings. The topological polar surface area (TPSA) is 35.5 Å². The Morgan fingerprint density at radius 1 is 1.54 bits per heavy atom. The Balaban J connectivity index is 2.00. The number of esters is 1. The van der Waals surface area contributed by atoms with Crippen LogP contribution in [0.5, 0.6) is 0 Å². The maximum atomic E-state index is 10.9. The van der Waals surface area contributed by atoms with Crippen molar-refractivity contribution >= 4 is 5.97 Å². The van der Waals surface area contributed by atoms with Crippen LogP contribution in [-0.2, 0) is 14.3 Å². The van der Waals surface area contributed by atoms with Crippen LogP contribution < -0.4 is 0 Å². The summed E-state index contributed by atoms with van der Waals surface area (Å²) in [4.78, 5) is 10.9. The van der Waals surface area contributed by atoms with E-state index in [1.54, 1.807) is 6.92 Å². The van der Waals surface area contributed by atoms with Gasteiger partial charge >= 0.3 is 5.97 Å². The average molecular weight is 186 g/mol. The Kier molecular flexibility index (Phi) is 4.22. The highest BCUT2D eigenvalue weighted by atomic mass is 16.6. The minimum atomic E-state index is -0.412. The lowest BCUT2D eigenvalue weighted by Gasteiger charge is -2.25. The molecule has 1 atom stereocenters. The summed E-state index contributed by atoms with van der Waals surface area (Å²) in [5.74, 6) is 0.554. The molecule has 0 heterocycles. The van der Waals surface area contributed by atoms with Crippen molar-refractivity contribution in [3.8, 4) is 0 Å². The highest BCUT2D eigenvalue weighted by Crippen LogP contribution is 2.29. The smallest absolute Gasteiger partial charge is 0.334 e. The summed E-state index contributed by atoms with van der Waals surface area (Å²) < 4.78 is 9.87. The van der Waals surface area contributed by atoms with Crippen LogP contribution in [0.25, 0.3) is 0 Å². The number of methoxy groups -OCH3 is 1. The zero-order valence-electron chi connectivity index (χ0n) is 8.41. The third-order valence-corrected chi connectivity index (χ3v) is 2.65. The van der Waals surface area contributed by atoms with E-state index in [0.717, 1.165) is 12.3 Å². The second-order valence-electron chi connectivity index (χ2n) is 3.62. The summed E-state index contributed by atoms with van der Waals surface area (Å²) in [6.45, 7) is 2.41. The van der Waals surface area contributed by atoms with Crippen molar-refractivity contribution < 1.29 is 14.3 Å². The first-order valence-electron chi connectivity index (χ1n) is 4.93. The van der Waals surface area contributed by atoms with Gasteiger partial charge in [0.1, 0.15) is 0 Å². The lowest BCUT2D eigenvalue weighted by atomic mass is 9.83. The number of hydrogen-bond acceptors (Lipinski definition) is 3. The van der Waals surface area contributed by atoms with E-state index in [9.17, 15) is 4.79 Å². The first-order valence-corrected chi connectivity index (χ1v) is 4.93. The lowest BCUT2D eigenvalue weighted by Crippen LogP contribution is -2.24. The Hall–Kier alpha value is -0.570. The van der Waals surface area contributed by atoms with Gasteiger partial charge in [-0.1, -0.05) is 19.3 Å². The van der Waals surface area contributed by atoms with Crippen molar-refractivity contribution in [2.45, 2.75) is 38.7 Å². The average Bonchev–Trinajstić information content (AvgIpc) is 2.07. The Bertz CT molecular complexity index is 164. The number of rotatable bonds is 5. The van der Waals surface area contributed by atoms with Crippen LogP contribution in [0.1, 0.15) is 32.6 Å². The third kappa shape index (κ3) is 3.35. The Labute approximate surface area is 79.4 Å². The maximum Gasteiger partial charge on any atom is 0.334 e. The predicted octanol–water partition coefficient (Wildman–Crippen LogP) is 1.75. The number of ether oxygens (including phenoxy) is 2. The van der Waals surface area contributed by atoms with Crippen LogP contribution in [0, 0.1) is 5.92 Å². The summed E-state index contributed by atoms with van der Waals surface area (Å²) in [5.41, 5.74) is 0. The van der Waals surface area contributed by atoms with Gasteiger partial charge in [0.25, 0.3) is 0 Å². The van der Waals surface area contributed by atoms with Crippen molar-refractivity contribution in [2.24, 2.45) is 5.92 Å². The van der Waals surface area contributed by atoms with Gasteiger partial charge in [-0.25, -0.2) is 4.79 Å². The molecule has 0 saturated heterocycles. The molecule has 0 spiro atoms. The molecule has 1 rings (SSSR count). The van der Waals surface area contributed by atoms with E-state index < -0.39 is 6.10 Å². The molecule has 0 amide bonds.